The number of pyridine rings is 1. The fraction of sp³-hybridized carbons (Fsp3) is 0.190. The van der Waals surface area contributed by atoms with E-state index < -0.39 is 22.6 Å². The van der Waals surface area contributed by atoms with E-state index in [2.05, 4.69) is 4.98 Å². The second kappa shape index (κ2) is 7.58. The molecule has 2 amide bonds. The molecule has 144 valence electrons. The maximum absolute atomic E-state index is 12.5. The average Bonchev–Trinajstić information content (AvgIpc) is 2.69. The van der Waals surface area contributed by atoms with Gasteiger partial charge in [-0.3, -0.25) is 14.6 Å². The van der Waals surface area contributed by atoms with Crippen LogP contribution in [0.5, 0.6) is 0 Å². The minimum absolute atomic E-state index is 0.115. The molecule has 2 aromatic rings. The van der Waals surface area contributed by atoms with Gasteiger partial charge in [-0.2, -0.15) is 0 Å². The number of amides is 2. The zero-order chi connectivity index (χ0) is 20.4. The highest BCUT2D eigenvalue weighted by atomic mass is 35.5. The summed E-state index contributed by atoms with van der Waals surface area (Å²) in [5.74, 6) is -1.23. The van der Waals surface area contributed by atoms with Crippen LogP contribution < -0.4 is 11.5 Å². The van der Waals surface area contributed by atoms with Gasteiger partial charge in [-0.25, -0.2) is 0 Å². The van der Waals surface area contributed by atoms with Crippen LogP contribution in [0.1, 0.15) is 12.0 Å². The average molecular weight is 398 g/mol. The molecule has 1 aliphatic carbocycles. The van der Waals surface area contributed by atoms with Crippen LogP contribution in [0, 0.1) is 5.41 Å². The fourth-order valence-corrected chi connectivity index (χ4v) is 3.52. The van der Waals surface area contributed by atoms with Crippen molar-refractivity contribution in [1.29, 1.82) is 0 Å². The quantitative estimate of drug-likeness (QED) is 0.646. The van der Waals surface area contributed by atoms with Crippen LogP contribution in [0.3, 0.4) is 0 Å². The van der Waals surface area contributed by atoms with E-state index in [9.17, 15) is 14.7 Å². The largest absolute Gasteiger partial charge is 0.396 e. The van der Waals surface area contributed by atoms with Crippen LogP contribution in [0.2, 0.25) is 5.02 Å². The number of carbonyl (C=O) groups is 2. The molecule has 0 saturated heterocycles. The lowest BCUT2D eigenvalue weighted by Gasteiger charge is -2.33. The van der Waals surface area contributed by atoms with Gasteiger partial charge in [0.05, 0.1) is 11.1 Å². The zero-order valence-corrected chi connectivity index (χ0v) is 15.8. The minimum Gasteiger partial charge on any atom is -0.396 e. The van der Waals surface area contributed by atoms with E-state index in [0.717, 1.165) is 0 Å². The summed E-state index contributed by atoms with van der Waals surface area (Å²) in [5.41, 5.74) is 10.7. The zero-order valence-electron chi connectivity index (χ0n) is 15.0. The van der Waals surface area contributed by atoms with E-state index in [-0.39, 0.29) is 13.0 Å². The standard InChI is InChI=1S/C21H20ClN3O3/c22-16-5-4-14(13-15(16)17-3-1-2-11-25-17)21(19(24)28)8-6-20(7-9-21,10-12-26)18(23)27/h1-9,11,13,26H,10,12H2,(H2,23,27)(H2,24,28). The molecule has 0 saturated carbocycles. The smallest absolute Gasteiger partial charge is 0.235 e. The van der Waals surface area contributed by atoms with Crippen LogP contribution in [0.15, 0.2) is 66.9 Å². The highest BCUT2D eigenvalue weighted by Crippen LogP contribution is 2.40. The molecule has 1 aromatic carbocycles. The van der Waals surface area contributed by atoms with E-state index in [1.807, 2.05) is 12.1 Å². The molecule has 6 nitrogen and oxygen atoms in total. The van der Waals surface area contributed by atoms with Gasteiger partial charge >= 0.3 is 0 Å². The third-order valence-electron chi connectivity index (χ3n) is 5.06. The summed E-state index contributed by atoms with van der Waals surface area (Å²) in [6.45, 7) is -0.230. The summed E-state index contributed by atoms with van der Waals surface area (Å²) in [5, 5.41) is 9.78. The normalized spacial score (nSPS) is 23.5. The molecule has 0 fully saturated rings. The van der Waals surface area contributed by atoms with Gasteiger partial charge in [0, 0.05) is 23.4 Å². The lowest BCUT2D eigenvalue weighted by molar-refractivity contribution is -0.124. The van der Waals surface area contributed by atoms with Crippen molar-refractivity contribution in [3.05, 3.63) is 77.5 Å². The van der Waals surface area contributed by atoms with Crippen molar-refractivity contribution in [3.8, 4) is 11.3 Å². The first-order chi connectivity index (χ1) is 13.3. The molecule has 0 spiro atoms. The second-order valence-electron chi connectivity index (χ2n) is 6.69. The maximum Gasteiger partial charge on any atom is 0.235 e. The number of benzene rings is 1. The number of hydrogen-bond acceptors (Lipinski definition) is 4. The third-order valence-corrected chi connectivity index (χ3v) is 5.39. The Morgan fingerprint density at radius 1 is 1.04 bits per heavy atom. The Labute approximate surface area is 167 Å². The number of nitrogens with zero attached hydrogens (tertiary/aromatic N) is 1. The Bertz CT molecular complexity index is 956. The van der Waals surface area contributed by atoms with Crippen molar-refractivity contribution in [1.82, 2.24) is 4.98 Å². The lowest BCUT2D eigenvalue weighted by Crippen LogP contribution is -2.43. The molecular weight excluding hydrogens is 378 g/mol. The first-order valence-corrected chi connectivity index (χ1v) is 9.05. The number of hydrogen-bond donors (Lipinski definition) is 3. The predicted molar refractivity (Wildman–Crippen MR) is 107 cm³/mol. The van der Waals surface area contributed by atoms with Gasteiger partial charge in [-0.05, 0) is 36.2 Å². The summed E-state index contributed by atoms with van der Waals surface area (Å²) in [6, 6.07) is 10.6. The van der Waals surface area contributed by atoms with Gasteiger partial charge in [0.2, 0.25) is 11.8 Å². The molecule has 0 unspecified atom stereocenters. The van der Waals surface area contributed by atoms with E-state index in [4.69, 9.17) is 23.1 Å². The topological polar surface area (TPSA) is 119 Å². The van der Waals surface area contributed by atoms with Crippen molar-refractivity contribution in [2.45, 2.75) is 11.8 Å². The van der Waals surface area contributed by atoms with Gasteiger partial charge in [0.1, 0.15) is 5.41 Å². The third kappa shape index (κ3) is 3.32. The Hall–Kier alpha value is -2.96. The molecule has 1 aliphatic rings. The van der Waals surface area contributed by atoms with E-state index >= 15 is 0 Å². The van der Waals surface area contributed by atoms with Gasteiger partial charge in [-0.15, -0.1) is 0 Å². The number of aromatic nitrogens is 1. The number of aliphatic hydroxyl groups excluding tert-OH is 1. The summed E-state index contributed by atoms with van der Waals surface area (Å²) >= 11 is 6.34. The lowest BCUT2D eigenvalue weighted by atomic mass is 9.69. The Balaban J connectivity index is 2.12. The highest BCUT2D eigenvalue weighted by molar-refractivity contribution is 6.33. The molecule has 7 heteroatoms. The van der Waals surface area contributed by atoms with E-state index in [0.29, 0.717) is 21.8 Å². The van der Waals surface area contributed by atoms with Crippen LogP contribution in [-0.4, -0.2) is 28.5 Å². The molecule has 0 radical (unpaired) electrons. The van der Waals surface area contributed by atoms with Crippen LogP contribution in [-0.2, 0) is 15.0 Å². The van der Waals surface area contributed by atoms with Gasteiger partial charge in [0.25, 0.3) is 0 Å². The van der Waals surface area contributed by atoms with Crippen LogP contribution in [0.4, 0.5) is 0 Å². The predicted octanol–water partition coefficient (Wildman–Crippen LogP) is 2.11. The molecule has 1 heterocycles. The SMILES string of the molecule is NC(=O)C1(CCO)C=CC(C(N)=O)(c2ccc(Cl)c(-c3ccccn3)c2)C=C1. The summed E-state index contributed by atoms with van der Waals surface area (Å²) in [7, 11) is 0. The van der Waals surface area contributed by atoms with Crippen molar-refractivity contribution in [2.75, 3.05) is 6.61 Å². The van der Waals surface area contributed by atoms with Crippen LogP contribution >= 0.6 is 11.6 Å². The first kappa shape index (κ1) is 19.8. The minimum atomic E-state index is -1.28. The summed E-state index contributed by atoms with van der Waals surface area (Å²) < 4.78 is 0. The highest BCUT2D eigenvalue weighted by Gasteiger charge is 2.41. The molecular formula is C21H20ClN3O3. The first-order valence-electron chi connectivity index (χ1n) is 8.67. The van der Waals surface area contributed by atoms with E-state index in [1.165, 1.54) is 12.2 Å². The van der Waals surface area contributed by atoms with E-state index in [1.54, 1.807) is 42.6 Å². The van der Waals surface area contributed by atoms with Gasteiger partial charge in [0.15, 0.2) is 0 Å². The van der Waals surface area contributed by atoms with Gasteiger partial charge in [-0.1, -0.05) is 48.0 Å². The number of primary amides is 2. The van der Waals surface area contributed by atoms with Crippen molar-refractivity contribution < 1.29 is 14.7 Å². The van der Waals surface area contributed by atoms with Gasteiger partial charge < -0.3 is 16.6 Å². The molecule has 5 N–H and O–H groups in total. The molecule has 1 aromatic heterocycles. The van der Waals surface area contributed by atoms with Crippen molar-refractivity contribution in [3.63, 3.8) is 0 Å². The Morgan fingerprint density at radius 2 is 1.75 bits per heavy atom. The number of halogens is 1. The molecule has 28 heavy (non-hydrogen) atoms. The number of rotatable bonds is 6. The summed E-state index contributed by atoms with van der Waals surface area (Å²) in [4.78, 5) is 28.7. The second-order valence-corrected chi connectivity index (χ2v) is 7.09. The number of aliphatic hydroxyl groups is 1. The fourth-order valence-electron chi connectivity index (χ4n) is 3.31. The van der Waals surface area contributed by atoms with Crippen molar-refractivity contribution in [2.24, 2.45) is 16.9 Å². The Kier molecular flexibility index (Phi) is 5.36. The number of nitrogens with two attached hydrogens (primary N) is 2. The monoisotopic (exact) mass is 397 g/mol. The molecule has 0 atom stereocenters. The molecule has 0 aliphatic heterocycles. The summed E-state index contributed by atoms with van der Waals surface area (Å²) in [6.07, 6.45) is 7.95. The number of carbonyl (C=O) groups excluding carboxylic acids is 2. The molecule has 3 rings (SSSR count). The van der Waals surface area contributed by atoms with Crippen LogP contribution in [0.25, 0.3) is 11.3 Å². The van der Waals surface area contributed by atoms with Crippen molar-refractivity contribution >= 4 is 23.4 Å². The molecule has 0 bridgehead atoms. The Morgan fingerprint density at radius 3 is 2.29 bits per heavy atom. The maximum atomic E-state index is 12.5.